The Labute approximate surface area is 91.1 Å². The van der Waals surface area contributed by atoms with Gasteiger partial charge in [-0.2, -0.15) is 0 Å². The van der Waals surface area contributed by atoms with E-state index in [-0.39, 0.29) is 17.7 Å². The highest BCUT2D eigenvalue weighted by Crippen LogP contribution is 2.09. The van der Waals surface area contributed by atoms with Crippen LogP contribution in [0.2, 0.25) is 0 Å². The van der Waals surface area contributed by atoms with Crippen LogP contribution >= 0.6 is 0 Å². The number of rotatable bonds is 6. The van der Waals surface area contributed by atoms with Crippen molar-refractivity contribution in [3.8, 4) is 0 Å². The van der Waals surface area contributed by atoms with E-state index < -0.39 is 12.0 Å². The van der Waals surface area contributed by atoms with Gasteiger partial charge in [0, 0.05) is 5.92 Å². The molecule has 0 saturated carbocycles. The van der Waals surface area contributed by atoms with Crippen LogP contribution in [0.1, 0.15) is 40.5 Å². The first-order valence-corrected chi connectivity index (χ1v) is 5.47. The Morgan fingerprint density at radius 3 is 2.07 bits per heavy atom. The van der Waals surface area contributed by atoms with Crippen molar-refractivity contribution < 1.29 is 14.7 Å². The third kappa shape index (κ3) is 4.32. The molecule has 0 aliphatic rings. The molecule has 0 rings (SSSR count). The van der Waals surface area contributed by atoms with Gasteiger partial charge in [0.2, 0.25) is 5.91 Å². The van der Waals surface area contributed by atoms with E-state index in [1.807, 2.05) is 20.8 Å². The lowest BCUT2D eigenvalue weighted by molar-refractivity contribution is -0.143. The van der Waals surface area contributed by atoms with Crippen molar-refractivity contribution in [3.05, 3.63) is 0 Å². The molecular formula is C11H21NO3. The standard InChI is InChI=1S/C11H21NO3/c1-5-7(3)9(11(14)15)12-10(13)8(4)6-2/h7-9H,5-6H2,1-4H3,(H,12,13)(H,14,15)/t7-,8-,9-/m0/s1. The van der Waals surface area contributed by atoms with E-state index in [0.717, 1.165) is 12.8 Å². The van der Waals surface area contributed by atoms with Gasteiger partial charge >= 0.3 is 5.97 Å². The maximum Gasteiger partial charge on any atom is 0.326 e. The normalized spacial score (nSPS) is 16.5. The van der Waals surface area contributed by atoms with Gasteiger partial charge in [-0.15, -0.1) is 0 Å². The molecule has 4 heteroatoms. The highest BCUT2D eigenvalue weighted by Gasteiger charge is 2.26. The second kappa shape index (κ2) is 6.43. The van der Waals surface area contributed by atoms with Crippen LogP contribution < -0.4 is 5.32 Å². The van der Waals surface area contributed by atoms with E-state index in [0.29, 0.717) is 0 Å². The minimum Gasteiger partial charge on any atom is -0.480 e. The summed E-state index contributed by atoms with van der Waals surface area (Å²) >= 11 is 0. The monoisotopic (exact) mass is 215 g/mol. The first-order valence-electron chi connectivity index (χ1n) is 5.47. The molecule has 0 saturated heterocycles. The predicted octanol–water partition coefficient (Wildman–Crippen LogP) is 1.65. The third-order valence-electron chi connectivity index (χ3n) is 2.84. The molecule has 0 aromatic rings. The molecule has 0 aromatic heterocycles. The van der Waals surface area contributed by atoms with E-state index in [1.54, 1.807) is 6.92 Å². The van der Waals surface area contributed by atoms with Crippen LogP contribution in [0.3, 0.4) is 0 Å². The summed E-state index contributed by atoms with van der Waals surface area (Å²) in [5.74, 6) is -1.31. The van der Waals surface area contributed by atoms with Crippen molar-refractivity contribution in [2.45, 2.75) is 46.6 Å². The molecule has 88 valence electrons. The number of carboxylic acid groups (broad SMARTS) is 1. The Balaban J connectivity index is 4.42. The Hall–Kier alpha value is -1.06. The summed E-state index contributed by atoms with van der Waals surface area (Å²) in [5, 5.41) is 11.5. The number of carboxylic acids is 1. The van der Waals surface area contributed by atoms with Gasteiger partial charge in [-0.3, -0.25) is 4.79 Å². The molecule has 1 amide bonds. The number of hydrogen-bond donors (Lipinski definition) is 2. The van der Waals surface area contributed by atoms with Gasteiger partial charge < -0.3 is 10.4 Å². The molecule has 0 heterocycles. The van der Waals surface area contributed by atoms with Crippen molar-refractivity contribution in [1.82, 2.24) is 5.32 Å². The highest BCUT2D eigenvalue weighted by molar-refractivity contribution is 5.84. The number of carbonyl (C=O) groups excluding carboxylic acids is 1. The van der Waals surface area contributed by atoms with Crippen molar-refractivity contribution in [2.24, 2.45) is 11.8 Å². The Bertz CT molecular complexity index is 228. The molecule has 0 bridgehead atoms. The number of nitrogens with one attached hydrogen (secondary N) is 1. The molecule has 0 spiro atoms. The summed E-state index contributed by atoms with van der Waals surface area (Å²) in [7, 11) is 0. The zero-order valence-corrected chi connectivity index (χ0v) is 9.91. The van der Waals surface area contributed by atoms with Crippen LogP contribution in [0, 0.1) is 11.8 Å². The van der Waals surface area contributed by atoms with Crippen LogP contribution in [0.25, 0.3) is 0 Å². The maximum atomic E-state index is 11.5. The van der Waals surface area contributed by atoms with Crippen molar-refractivity contribution in [2.75, 3.05) is 0 Å². The molecule has 0 unspecified atom stereocenters. The van der Waals surface area contributed by atoms with Crippen molar-refractivity contribution in [3.63, 3.8) is 0 Å². The van der Waals surface area contributed by atoms with Crippen molar-refractivity contribution in [1.29, 1.82) is 0 Å². The minimum atomic E-state index is -0.957. The number of aliphatic carboxylic acids is 1. The van der Waals surface area contributed by atoms with Crippen LogP contribution in [-0.2, 0) is 9.59 Å². The average molecular weight is 215 g/mol. The zero-order chi connectivity index (χ0) is 12.0. The summed E-state index contributed by atoms with van der Waals surface area (Å²) < 4.78 is 0. The molecule has 15 heavy (non-hydrogen) atoms. The molecule has 0 aliphatic carbocycles. The SMILES string of the molecule is CC[C@H](C)C(=O)N[C@H](C(=O)O)[C@@H](C)CC. The molecule has 3 atom stereocenters. The van der Waals surface area contributed by atoms with Gasteiger partial charge in [-0.05, 0) is 12.3 Å². The Morgan fingerprint density at radius 1 is 1.20 bits per heavy atom. The summed E-state index contributed by atoms with van der Waals surface area (Å²) in [6.07, 6.45) is 1.45. The van der Waals surface area contributed by atoms with E-state index in [1.165, 1.54) is 0 Å². The number of carbonyl (C=O) groups is 2. The summed E-state index contributed by atoms with van der Waals surface area (Å²) in [6, 6.07) is -0.767. The third-order valence-corrected chi connectivity index (χ3v) is 2.84. The lowest BCUT2D eigenvalue weighted by Gasteiger charge is -2.21. The minimum absolute atomic E-state index is 0.0458. The van der Waals surface area contributed by atoms with Gasteiger partial charge in [0.1, 0.15) is 6.04 Å². The van der Waals surface area contributed by atoms with Gasteiger partial charge in [0.25, 0.3) is 0 Å². The summed E-state index contributed by atoms with van der Waals surface area (Å²) in [4.78, 5) is 22.5. The van der Waals surface area contributed by atoms with E-state index in [9.17, 15) is 9.59 Å². The van der Waals surface area contributed by atoms with Gasteiger partial charge in [0.05, 0.1) is 0 Å². The second-order valence-electron chi connectivity index (χ2n) is 4.02. The van der Waals surface area contributed by atoms with E-state index >= 15 is 0 Å². The van der Waals surface area contributed by atoms with E-state index in [4.69, 9.17) is 5.11 Å². The van der Waals surface area contributed by atoms with Crippen LogP contribution in [-0.4, -0.2) is 23.0 Å². The summed E-state index contributed by atoms with van der Waals surface area (Å²) in [5.41, 5.74) is 0. The Kier molecular flexibility index (Phi) is 5.97. The maximum absolute atomic E-state index is 11.5. The van der Waals surface area contributed by atoms with Gasteiger partial charge in [0.15, 0.2) is 0 Å². The first-order chi connectivity index (χ1) is 6.93. The summed E-state index contributed by atoms with van der Waals surface area (Å²) in [6.45, 7) is 7.44. The van der Waals surface area contributed by atoms with Crippen LogP contribution in [0.5, 0.6) is 0 Å². The molecule has 4 nitrogen and oxygen atoms in total. The number of amides is 1. The smallest absolute Gasteiger partial charge is 0.326 e. The molecule has 2 N–H and O–H groups in total. The van der Waals surface area contributed by atoms with Crippen LogP contribution in [0.15, 0.2) is 0 Å². The highest BCUT2D eigenvalue weighted by atomic mass is 16.4. The Morgan fingerprint density at radius 2 is 1.73 bits per heavy atom. The fraction of sp³-hybridized carbons (Fsp3) is 0.818. The van der Waals surface area contributed by atoms with Crippen LogP contribution in [0.4, 0.5) is 0 Å². The van der Waals surface area contributed by atoms with E-state index in [2.05, 4.69) is 5.32 Å². The predicted molar refractivity (Wildman–Crippen MR) is 58.5 cm³/mol. The average Bonchev–Trinajstić information content (AvgIpc) is 2.22. The lowest BCUT2D eigenvalue weighted by atomic mass is 9.98. The topological polar surface area (TPSA) is 66.4 Å². The first kappa shape index (κ1) is 13.9. The second-order valence-corrected chi connectivity index (χ2v) is 4.02. The fourth-order valence-corrected chi connectivity index (χ4v) is 1.16. The quantitative estimate of drug-likeness (QED) is 0.708. The molecule has 0 radical (unpaired) electrons. The molecule has 0 aromatic carbocycles. The fourth-order valence-electron chi connectivity index (χ4n) is 1.16. The van der Waals surface area contributed by atoms with Gasteiger partial charge in [-0.25, -0.2) is 4.79 Å². The molecule has 0 fully saturated rings. The lowest BCUT2D eigenvalue weighted by Crippen LogP contribution is -2.46. The van der Waals surface area contributed by atoms with Crippen molar-refractivity contribution >= 4 is 11.9 Å². The largest absolute Gasteiger partial charge is 0.480 e. The molecule has 0 aliphatic heterocycles. The zero-order valence-electron chi connectivity index (χ0n) is 9.91. The van der Waals surface area contributed by atoms with Gasteiger partial charge in [-0.1, -0.05) is 34.1 Å². The number of hydrogen-bond acceptors (Lipinski definition) is 2. The molecular weight excluding hydrogens is 194 g/mol.